The van der Waals surface area contributed by atoms with Crippen LogP contribution in [0.4, 0.5) is 5.82 Å². The third-order valence-electron chi connectivity index (χ3n) is 2.52. The molecule has 0 bridgehead atoms. The minimum absolute atomic E-state index is 0.283. The number of hydrogen-bond donors (Lipinski definition) is 1. The molecule has 4 nitrogen and oxygen atoms in total. The molecule has 1 N–H and O–H groups in total. The highest BCUT2D eigenvalue weighted by molar-refractivity contribution is 6.33. The van der Waals surface area contributed by atoms with Gasteiger partial charge in [-0.25, -0.2) is 4.68 Å². The van der Waals surface area contributed by atoms with Crippen LogP contribution in [-0.4, -0.2) is 21.1 Å². The number of alkyl halides is 1. The molecule has 0 spiro atoms. The van der Waals surface area contributed by atoms with E-state index in [9.17, 15) is 4.79 Å². The Morgan fingerprint density at radius 2 is 2.11 bits per heavy atom. The molecular weight excluding hydrogens is 285 g/mol. The van der Waals surface area contributed by atoms with Crippen molar-refractivity contribution in [2.45, 2.75) is 19.2 Å². The van der Waals surface area contributed by atoms with Crippen LogP contribution in [0.3, 0.4) is 0 Å². The van der Waals surface area contributed by atoms with Crippen molar-refractivity contribution < 1.29 is 4.79 Å². The second kappa shape index (κ2) is 5.63. The summed E-state index contributed by atoms with van der Waals surface area (Å²) < 4.78 is 1.59. The van der Waals surface area contributed by atoms with E-state index in [2.05, 4.69) is 10.4 Å². The van der Waals surface area contributed by atoms with Crippen LogP contribution < -0.4 is 5.32 Å². The summed E-state index contributed by atoms with van der Waals surface area (Å²) in [6.07, 6.45) is 0. The number of hydrogen-bond acceptors (Lipinski definition) is 2. The van der Waals surface area contributed by atoms with Crippen LogP contribution in [0.1, 0.15) is 12.6 Å². The number of carbonyl (C=O) groups is 1. The molecule has 2 aromatic rings. The first-order chi connectivity index (χ1) is 8.99. The molecule has 1 atom stereocenters. The minimum Gasteiger partial charge on any atom is -0.309 e. The van der Waals surface area contributed by atoms with E-state index >= 15 is 0 Å². The molecule has 6 heteroatoms. The third kappa shape index (κ3) is 3.08. The fourth-order valence-corrected chi connectivity index (χ4v) is 1.89. The van der Waals surface area contributed by atoms with Crippen molar-refractivity contribution in [2.24, 2.45) is 0 Å². The van der Waals surface area contributed by atoms with Gasteiger partial charge in [0.1, 0.15) is 11.2 Å². The van der Waals surface area contributed by atoms with Crippen molar-refractivity contribution in [1.29, 1.82) is 0 Å². The van der Waals surface area contributed by atoms with Crippen LogP contribution in [0.25, 0.3) is 5.69 Å². The summed E-state index contributed by atoms with van der Waals surface area (Å²) in [5.41, 5.74) is 1.48. The van der Waals surface area contributed by atoms with E-state index in [1.54, 1.807) is 23.7 Å². The zero-order valence-electron chi connectivity index (χ0n) is 10.5. The van der Waals surface area contributed by atoms with Gasteiger partial charge in [0.25, 0.3) is 0 Å². The molecule has 1 amide bonds. The van der Waals surface area contributed by atoms with Crippen LogP contribution in [0.15, 0.2) is 30.3 Å². The monoisotopic (exact) mass is 297 g/mol. The van der Waals surface area contributed by atoms with Crippen molar-refractivity contribution in [3.8, 4) is 5.69 Å². The Kier molecular flexibility index (Phi) is 4.12. The number of aryl methyl sites for hydroxylation is 1. The van der Waals surface area contributed by atoms with Gasteiger partial charge in [-0.05, 0) is 26.0 Å². The van der Waals surface area contributed by atoms with Gasteiger partial charge < -0.3 is 5.32 Å². The molecule has 0 saturated heterocycles. The molecule has 0 aliphatic carbocycles. The first kappa shape index (κ1) is 13.9. The van der Waals surface area contributed by atoms with Crippen molar-refractivity contribution in [2.75, 3.05) is 5.32 Å². The Hall–Kier alpha value is -1.52. The van der Waals surface area contributed by atoms with E-state index in [1.165, 1.54) is 0 Å². The average Bonchev–Trinajstić information content (AvgIpc) is 2.70. The van der Waals surface area contributed by atoms with E-state index in [0.29, 0.717) is 16.5 Å². The number of rotatable bonds is 3. The van der Waals surface area contributed by atoms with Gasteiger partial charge >= 0.3 is 0 Å². The zero-order chi connectivity index (χ0) is 14.0. The van der Waals surface area contributed by atoms with Crippen molar-refractivity contribution in [1.82, 2.24) is 9.78 Å². The summed E-state index contributed by atoms with van der Waals surface area (Å²) in [4.78, 5) is 11.7. The number of carbonyl (C=O) groups excluding carboxylic acids is 1. The number of aromatic nitrogens is 2. The smallest absolute Gasteiger partial charge is 0.243 e. The third-order valence-corrected chi connectivity index (χ3v) is 3.04. The van der Waals surface area contributed by atoms with Crippen LogP contribution in [-0.2, 0) is 4.79 Å². The molecule has 1 aromatic carbocycles. The van der Waals surface area contributed by atoms with Gasteiger partial charge in [0, 0.05) is 6.07 Å². The molecule has 0 radical (unpaired) electrons. The quantitative estimate of drug-likeness (QED) is 0.883. The molecule has 1 unspecified atom stereocenters. The number of para-hydroxylation sites is 1. The second-order valence-corrected chi connectivity index (χ2v) is 5.20. The maximum absolute atomic E-state index is 11.7. The highest BCUT2D eigenvalue weighted by Crippen LogP contribution is 2.24. The van der Waals surface area contributed by atoms with Crippen molar-refractivity contribution >= 4 is 34.9 Å². The lowest BCUT2D eigenvalue weighted by Crippen LogP contribution is -2.22. The Morgan fingerprint density at radius 3 is 2.74 bits per heavy atom. The molecule has 2 rings (SSSR count). The maximum Gasteiger partial charge on any atom is 0.243 e. The van der Waals surface area contributed by atoms with E-state index in [0.717, 1.165) is 5.69 Å². The normalized spacial score (nSPS) is 12.2. The largest absolute Gasteiger partial charge is 0.309 e. The number of amides is 1. The van der Waals surface area contributed by atoms with Crippen molar-refractivity contribution in [3.05, 3.63) is 41.0 Å². The molecule has 1 heterocycles. The summed E-state index contributed by atoms with van der Waals surface area (Å²) in [5, 5.41) is 7.00. The predicted octanol–water partition coefficient (Wildman–Crippen LogP) is 3.40. The fourth-order valence-electron chi connectivity index (χ4n) is 1.62. The summed E-state index contributed by atoms with van der Waals surface area (Å²) in [5.74, 6) is 0.262. The first-order valence-corrected chi connectivity index (χ1v) is 6.57. The Labute approximate surface area is 121 Å². The van der Waals surface area contributed by atoms with Crippen molar-refractivity contribution in [3.63, 3.8) is 0 Å². The summed E-state index contributed by atoms with van der Waals surface area (Å²) in [7, 11) is 0. The lowest BCUT2D eigenvalue weighted by atomic mass is 10.3. The molecule has 0 aliphatic rings. The highest BCUT2D eigenvalue weighted by atomic mass is 35.5. The second-order valence-electron chi connectivity index (χ2n) is 4.14. The number of benzene rings is 1. The summed E-state index contributed by atoms with van der Waals surface area (Å²) >= 11 is 11.9. The van der Waals surface area contributed by atoms with E-state index in [4.69, 9.17) is 23.2 Å². The van der Waals surface area contributed by atoms with Crippen LogP contribution in [0.5, 0.6) is 0 Å². The van der Waals surface area contributed by atoms with E-state index in [-0.39, 0.29) is 5.91 Å². The van der Waals surface area contributed by atoms with E-state index in [1.807, 2.05) is 25.1 Å². The topological polar surface area (TPSA) is 46.9 Å². The number of anilines is 1. The number of nitrogens with one attached hydrogen (secondary N) is 1. The average molecular weight is 298 g/mol. The molecule has 19 heavy (non-hydrogen) atoms. The number of nitrogens with zero attached hydrogens (tertiary/aromatic N) is 2. The van der Waals surface area contributed by atoms with Gasteiger partial charge in [0.2, 0.25) is 5.91 Å². The van der Waals surface area contributed by atoms with Gasteiger partial charge in [-0.3, -0.25) is 4.79 Å². The van der Waals surface area contributed by atoms with Gasteiger partial charge in [-0.1, -0.05) is 23.7 Å². The van der Waals surface area contributed by atoms with Crippen LogP contribution in [0.2, 0.25) is 5.02 Å². The van der Waals surface area contributed by atoms with Gasteiger partial charge in [-0.15, -0.1) is 11.6 Å². The molecule has 1 aromatic heterocycles. The van der Waals surface area contributed by atoms with Gasteiger partial charge in [0.15, 0.2) is 0 Å². The first-order valence-electron chi connectivity index (χ1n) is 5.75. The molecule has 0 saturated carbocycles. The molecule has 0 fully saturated rings. The standard InChI is InChI=1S/C13H13Cl2N3O/c1-8-7-12(16-13(19)9(2)14)18(17-8)11-6-4-3-5-10(11)15/h3-7,9H,1-2H3,(H,16,19). The lowest BCUT2D eigenvalue weighted by molar-refractivity contribution is -0.115. The lowest BCUT2D eigenvalue weighted by Gasteiger charge is -2.10. The Balaban J connectivity index is 2.42. The van der Waals surface area contributed by atoms with Crippen LogP contribution >= 0.6 is 23.2 Å². The minimum atomic E-state index is -0.616. The summed E-state index contributed by atoms with van der Waals surface area (Å²) in [6, 6.07) is 9.05. The fraction of sp³-hybridized carbons (Fsp3) is 0.231. The van der Waals surface area contributed by atoms with Gasteiger partial charge in [0.05, 0.1) is 16.4 Å². The zero-order valence-corrected chi connectivity index (χ0v) is 12.0. The molecule has 100 valence electrons. The van der Waals surface area contributed by atoms with Crippen LogP contribution in [0, 0.1) is 6.92 Å². The SMILES string of the molecule is Cc1cc(NC(=O)C(C)Cl)n(-c2ccccc2Cl)n1. The molecular formula is C13H13Cl2N3O. The predicted molar refractivity (Wildman–Crippen MR) is 77.3 cm³/mol. The maximum atomic E-state index is 11.7. The van der Waals surface area contributed by atoms with Gasteiger partial charge in [-0.2, -0.15) is 5.10 Å². The van der Waals surface area contributed by atoms with E-state index < -0.39 is 5.38 Å². The highest BCUT2D eigenvalue weighted by Gasteiger charge is 2.15. The number of halogens is 2. The molecule has 0 aliphatic heterocycles. The Bertz CT molecular complexity index is 608. The Morgan fingerprint density at radius 1 is 1.42 bits per heavy atom. The summed E-state index contributed by atoms with van der Waals surface area (Å²) in [6.45, 7) is 3.45.